The number of pyridine rings is 1. The third-order valence-corrected chi connectivity index (χ3v) is 0.857. The Morgan fingerprint density at radius 1 is 1.67 bits per heavy atom. The molecular formula is C6H6N2O4. The number of carbonyl (C=O) groups is 1. The molecule has 1 N–H and O–H groups in total. The first kappa shape index (κ1) is 10.0. The molecule has 0 saturated heterocycles. The first-order chi connectivity index (χ1) is 5.72. The van der Waals surface area contributed by atoms with Gasteiger partial charge in [-0.05, 0) is 6.07 Å². The van der Waals surface area contributed by atoms with E-state index in [2.05, 4.69) is 4.98 Å². The summed E-state index contributed by atoms with van der Waals surface area (Å²) in [6.07, 6.45) is 2.70. The summed E-state index contributed by atoms with van der Waals surface area (Å²) in [5.74, 6) is 0. The van der Waals surface area contributed by atoms with Crippen LogP contribution in [0.3, 0.4) is 0 Å². The molecule has 0 bridgehead atoms. The highest BCUT2D eigenvalue weighted by atomic mass is 16.6. The maximum absolute atomic E-state index is 9.97. The van der Waals surface area contributed by atoms with E-state index in [-0.39, 0.29) is 12.2 Å². The number of rotatable bonds is 1. The molecule has 1 heterocycles. The van der Waals surface area contributed by atoms with Crippen molar-refractivity contribution in [1.82, 2.24) is 4.98 Å². The molecule has 0 atom stereocenters. The molecule has 1 aromatic rings. The molecule has 1 rings (SSSR count). The van der Waals surface area contributed by atoms with E-state index < -0.39 is 4.92 Å². The molecule has 12 heavy (non-hydrogen) atoms. The second-order valence-corrected chi connectivity index (χ2v) is 1.57. The van der Waals surface area contributed by atoms with Crippen molar-refractivity contribution in [2.24, 2.45) is 0 Å². The lowest BCUT2D eigenvalue weighted by molar-refractivity contribution is -0.385. The van der Waals surface area contributed by atoms with Gasteiger partial charge in [-0.1, -0.05) is 0 Å². The normalized spacial score (nSPS) is 7.67. The van der Waals surface area contributed by atoms with Gasteiger partial charge in [-0.3, -0.25) is 19.9 Å². The predicted molar refractivity (Wildman–Crippen MR) is 39.6 cm³/mol. The van der Waals surface area contributed by atoms with Gasteiger partial charge in [0.25, 0.3) is 12.2 Å². The van der Waals surface area contributed by atoms with Crippen molar-refractivity contribution in [3.05, 3.63) is 34.6 Å². The van der Waals surface area contributed by atoms with Gasteiger partial charge in [-0.25, -0.2) is 0 Å². The second kappa shape index (κ2) is 5.78. The Morgan fingerprint density at radius 3 is 2.50 bits per heavy atom. The first-order valence-corrected chi connectivity index (χ1v) is 2.84. The van der Waals surface area contributed by atoms with Crippen LogP contribution in [-0.2, 0) is 4.79 Å². The summed E-state index contributed by atoms with van der Waals surface area (Å²) in [7, 11) is 0. The van der Waals surface area contributed by atoms with Crippen LogP contribution in [0.15, 0.2) is 24.5 Å². The Bertz CT molecular complexity index is 249. The van der Waals surface area contributed by atoms with Crippen molar-refractivity contribution in [3.63, 3.8) is 0 Å². The highest BCUT2D eigenvalue weighted by molar-refractivity contribution is 5.32. The van der Waals surface area contributed by atoms with Crippen molar-refractivity contribution >= 4 is 12.2 Å². The lowest BCUT2D eigenvalue weighted by Gasteiger charge is -1.84. The molecule has 0 aromatic carbocycles. The van der Waals surface area contributed by atoms with E-state index in [1.54, 1.807) is 0 Å². The molecule has 1 aromatic heterocycles. The van der Waals surface area contributed by atoms with Crippen molar-refractivity contribution < 1.29 is 14.8 Å². The summed E-state index contributed by atoms with van der Waals surface area (Å²) in [6, 6.07) is 2.92. The van der Waals surface area contributed by atoms with Crippen LogP contribution in [0.2, 0.25) is 0 Å². The van der Waals surface area contributed by atoms with Gasteiger partial charge < -0.3 is 5.11 Å². The number of hydrogen-bond acceptors (Lipinski definition) is 4. The summed E-state index contributed by atoms with van der Waals surface area (Å²) in [5, 5.41) is 16.9. The van der Waals surface area contributed by atoms with Gasteiger partial charge in [-0.2, -0.15) is 0 Å². The number of aromatic nitrogens is 1. The fourth-order valence-corrected chi connectivity index (χ4v) is 0.462. The molecule has 0 aliphatic rings. The lowest BCUT2D eigenvalue weighted by atomic mass is 10.4. The lowest BCUT2D eigenvalue weighted by Crippen LogP contribution is -1.86. The van der Waals surface area contributed by atoms with Crippen LogP contribution < -0.4 is 0 Å². The van der Waals surface area contributed by atoms with Crippen LogP contribution in [0.1, 0.15) is 0 Å². The van der Waals surface area contributed by atoms with Gasteiger partial charge in [-0.15, -0.1) is 0 Å². The molecule has 6 nitrogen and oxygen atoms in total. The van der Waals surface area contributed by atoms with Gasteiger partial charge in [0.2, 0.25) is 0 Å². The summed E-state index contributed by atoms with van der Waals surface area (Å²) in [5.41, 5.74) is 0.0255. The maximum atomic E-state index is 9.97. The summed E-state index contributed by atoms with van der Waals surface area (Å²) in [4.78, 5) is 21.4. The zero-order valence-corrected chi connectivity index (χ0v) is 5.95. The predicted octanol–water partition coefficient (Wildman–Crippen LogP) is 0.691. The molecule has 0 radical (unpaired) electrons. The van der Waals surface area contributed by atoms with Crippen LogP contribution >= 0.6 is 0 Å². The minimum Gasteiger partial charge on any atom is -0.483 e. The topological polar surface area (TPSA) is 93.3 Å². The van der Waals surface area contributed by atoms with E-state index in [4.69, 9.17) is 9.90 Å². The Kier molecular flexibility index (Phi) is 4.83. The van der Waals surface area contributed by atoms with Crippen LogP contribution in [0.25, 0.3) is 0 Å². The average molecular weight is 170 g/mol. The van der Waals surface area contributed by atoms with Gasteiger partial charge >= 0.3 is 0 Å². The smallest absolute Gasteiger partial charge is 0.290 e. The standard InChI is InChI=1S/C5H4N2O2.CH2O2/c8-7(9)5-2-1-3-6-4-5;2-1-3/h1-4H;1H,(H,2,3). The minimum atomic E-state index is -0.479. The Hall–Kier alpha value is -1.98. The molecule has 0 saturated carbocycles. The highest BCUT2D eigenvalue weighted by Gasteiger charge is 1.99. The van der Waals surface area contributed by atoms with Gasteiger partial charge in [0.05, 0.1) is 4.92 Å². The van der Waals surface area contributed by atoms with E-state index in [0.717, 1.165) is 0 Å². The quantitative estimate of drug-likeness (QED) is 0.380. The van der Waals surface area contributed by atoms with Crippen LogP contribution in [0.5, 0.6) is 0 Å². The van der Waals surface area contributed by atoms with Gasteiger partial charge in [0.1, 0.15) is 6.20 Å². The highest BCUT2D eigenvalue weighted by Crippen LogP contribution is 2.04. The SMILES string of the molecule is O=CO.O=[N+]([O-])c1cccnc1. The molecule has 0 amide bonds. The van der Waals surface area contributed by atoms with Crippen molar-refractivity contribution in [3.8, 4) is 0 Å². The molecule has 0 fully saturated rings. The van der Waals surface area contributed by atoms with Crippen molar-refractivity contribution in [2.45, 2.75) is 0 Å². The minimum absolute atomic E-state index is 0.0255. The number of carboxylic acid groups (broad SMARTS) is 1. The van der Waals surface area contributed by atoms with Crippen molar-refractivity contribution in [2.75, 3.05) is 0 Å². The van der Waals surface area contributed by atoms with Crippen LogP contribution in [0, 0.1) is 10.1 Å². The van der Waals surface area contributed by atoms with E-state index in [0.29, 0.717) is 0 Å². The Labute approximate surface area is 67.6 Å². The number of hydrogen-bond donors (Lipinski definition) is 1. The summed E-state index contributed by atoms with van der Waals surface area (Å²) < 4.78 is 0. The molecule has 0 spiro atoms. The van der Waals surface area contributed by atoms with Crippen LogP contribution in [-0.4, -0.2) is 21.5 Å². The molecule has 0 unspecified atom stereocenters. The first-order valence-electron chi connectivity index (χ1n) is 2.84. The van der Waals surface area contributed by atoms with E-state index in [9.17, 15) is 10.1 Å². The number of nitrogens with zero attached hydrogens (tertiary/aromatic N) is 2. The molecule has 0 aliphatic carbocycles. The zero-order chi connectivity index (χ0) is 9.40. The van der Waals surface area contributed by atoms with Crippen LogP contribution in [0.4, 0.5) is 5.69 Å². The third-order valence-electron chi connectivity index (χ3n) is 0.857. The fourth-order valence-electron chi connectivity index (χ4n) is 0.462. The maximum Gasteiger partial charge on any atom is 0.290 e. The second-order valence-electron chi connectivity index (χ2n) is 1.57. The van der Waals surface area contributed by atoms with E-state index >= 15 is 0 Å². The zero-order valence-electron chi connectivity index (χ0n) is 5.95. The third kappa shape index (κ3) is 3.94. The Morgan fingerprint density at radius 2 is 2.25 bits per heavy atom. The molecule has 6 heteroatoms. The summed E-state index contributed by atoms with van der Waals surface area (Å²) in [6.45, 7) is -0.250. The Balaban J connectivity index is 0.000000354. The fraction of sp³-hybridized carbons (Fsp3) is 0. The molecule has 64 valence electrons. The van der Waals surface area contributed by atoms with Gasteiger partial charge in [0.15, 0.2) is 0 Å². The number of nitro groups is 1. The van der Waals surface area contributed by atoms with E-state index in [1.165, 1.54) is 24.5 Å². The largest absolute Gasteiger partial charge is 0.483 e. The van der Waals surface area contributed by atoms with Crippen molar-refractivity contribution in [1.29, 1.82) is 0 Å². The molecular weight excluding hydrogens is 164 g/mol. The summed E-state index contributed by atoms with van der Waals surface area (Å²) >= 11 is 0. The van der Waals surface area contributed by atoms with Gasteiger partial charge in [0, 0.05) is 12.3 Å². The molecule has 0 aliphatic heterocycles. The van der Waals surface area contributed by atoms with E-state index in [1.807, 2.05) is 0 Å². The average Bonchev–Trinajstić information content (AvgIpc) is 2.07. The monoisotopic (exact) mass is 170 g/mol.